The number of ether oxygens (including phenoxy) is 1. The van der Waals surface area contributed by atoms with Crippen molar-refractivity contribution in [2.75, 3.05) is 12.4 Å². The molecule has 5 nitrogen and oxygen atoms in total. The van der Waals surface area contributed by atoms with E-state index in [0.717, 1.165) is 16.7 Å². The van der Waals surface area contributed by atoms with Crippen molar-refractivity contribution >= 4 is 34.0 Å². The van der Waals surface area contributed by atoms with E-state index in [1.807, 2.05) is 45.0 Å². The average Bonchev–Trinajstić information content (AvgIpc) is 2.78. The normalized spacial score (nSPS) is 10.9. The van der Waals surface area contributed by atoms with Crippen molar-refractivity contribution in [1.29, 1.82) is 0 Å². The first-order valence-corrected chi connectivity index (χ1v) is 10.6. The molecule has 1 heterocycles. The molecule has 162 valence electrons. The van der Waals surface area contributed by atoms with Gasteiger partial charge in [-0.2, -0.15) is 0 Å². The number of benzene rings is 3. The number of carbonyl (C=O) groups excluding carboxylic acids is 1. The van der Waals surface area contributed by atoms with Crippen LogP contribution in [0.2, 0.25) is 5.02 Å². The molecule has 32 heavy (non-hydrogen) atoms. The van der Waals surface area contributed by atoms with Crippen LogP contribution in [0.5, 0.6) is 5.75 Å². The Morgan fingerprint density at radius 1 is 0.938 bits per heavy atom. The first-order chi connectivity index (χ1) is 15.3. The van der Waals surface area contributed by atoms with Gasteiger partial charge in [0.1, 0.15) is 5.75 Å². The second-order valence-electron chi connectivity index (χ2n) is 7.79. The number of aromatic nitrogens is 1. The predicted molar refractivity (Wildman–Crippen MR) is 130 cm³/mol. The van der Waals surface area contributed by atoms with E-state index in [1.54, 1.807) is 36.5 Å². The summed E-state index contributed by atoms with van der Waals surface area (Å²) in [7, 11) is 1.52. The van der Waals surface area contributed by atoms with E-state index in [2.05, 4.69) is 5.32 Å². The zero-order chi connectivity index (χ0) is 23.0. The number of pyridine rings is 1. The molecule has 0 atom stereocenters. The molecule has 3 aromatic carbocycles. The van der Waals surface area contributed by atoms with Crippen LogP contribution >= 0.6 is 11.6 Å². The second kappa shape index (κ2) is 8.52. The number of anilines is 1. The van der Waals surface area contributed by atoms with E-state index in [-0.39, 0.29) is 11.5 Å². The Balaban J connectivity index is 1.88. The van der Waals surface area contributed by atoms with Gasteiger partial charge < -0.3 is 10.1 Å². The lowest BCUT2D eigenvalue weighted by Gasteiger charge is -2.15. The third kappa shape index (κ3) is 3.87. The molecule has 4 aromatic rings. The highest BCUT2D eigenvalue weighted by atomic mass is 35.5. The number of fused-ring (bicyclic) bond motifs is 1. The maximum atomic E-state index is 13.4. The predicted octanol–water partition coefficient (Wildman–Crippen LogP) is 5.83. The summed E-state index contributed by atoms with van der Waals surface area (Å²) < 4.78 is 6.91. The highest BCUT2D eigenvalue weighted by molar-refractivity contribution is 6.31. The van der Waals surface area contributed by atoms with E-state index in [4.69, 9.17) is 16.3 Å². The maximum Gasteiger partial charge on any atom is 0.262 e. The number of amides is 1. The molecule has 0 saturated heterocycles. The second-order valence-corrected chi connectivity index (χ2v) is 8.20. The number of methoxy groups -OCH3 is 1. The molecule has 0 radical (unpaired) electrons. The average molecular weight is 447 g/mol. The Morgan fingerprint density at radius 3 is 2.34 bits per heavy atom. The first kappa shape index (κ1) is 21.7. The van der Waals surface area contributed by atoms with Gasteiger partial charge in [-0.3, -0.25) is 14.2 Å². The third-order valence-electron chi connectivity index (χ3n) is 5.67. The number of aryl methyl sites for hydroxylation is 3. The van der Waals surface area contributed by atoms with Gasteiger partial charge in [0.25, 0.3) is 11.5 Å². The molecule has 1 N–H and O–H groups in total. The van der Waals surface area contributed by atoms with Crippen molar-refractivity contribution in [1.82, 2.24) is 4.57 Å². The third-order valence-corrected chi connectivity index (χ3v) is 6.07. The van der Waals surface area contributed by atoms with Gasteiger partial charge in [-0.05, 0) is 61.7 Å². The Bertz CT molecular complexity index is 1420. The Labute approximate surface area is 191 Å². The van der Waals surface area contributed by atoms with Crippen molar-refractivity contribution in [2.45, 2.75) is 20.8 Å². The van der Waals surface area contributed by atoms with Crippen LogP contribution in [0.3, 0.4) is 0 Å². The van der Waals surface area contributed by atoms with Gasteiger partial charge in [0.15, 0.2) is 0 Å². The fourth-order valence-electron chi connectivity index (χ4n) is 3.66. The number of hydrogen-bond donors (Lipinski definition) is 1. The van der Waals surface area contributed by atoms with E-state index in [9.17, 15) is 9.59 Å². The summed E-state index contributed by atoms with van der Waals surface area (Å²) in [4.78, 5) is 26.6. The minimum absolute atomic E-state index is 0.180. The van der Waals surface area contributed by atoms with Crippen LogP contribution in [0.15, 0.2) is 65.6 Å². The minimum Gasteiger partial charge on any atom is -0.495 e. The van der Waals surface area contributed by atoms with Crippen molar-refractivity contribution in [2.24, 2.45) is 0 Å². The summed E-state index contributed by atoms with van der Waals surface area (Å²) in [6.45, 7) is 5.86. The minimum atomic E-state index is -0.348. The zero-order valence-electron chi connectivity index (χ0n) is 18.3. The van der Waals surface area contributed by atoms with Crippen LogP contribution in [-0.2, 0) is 0 Å². The summed E-state index contributed by atoms with van der Waals surface area (Å²) in [5.41, 5.74) is 4.42. The lowest BCUT2D eigenvalue weighted by Crippen LogP contribution is -2.23. The van der Waals surface area contributed by atoms with E-state index in [0.29, 0.717) is 38.5 Å². The number of hydrogen-bond acceptors (Lipinski definition) is 3. The molecule has 4 rings (SSSR count). The van der Waals surface area contributed by atoms with E-state index >= 15 is 0 Å². The van der Waals surface area contributed by atoms with Crippen LogP contribution < -0.4 is 15.6 Å². The zero-order valence-corrected chi connectivity index (χ0v) is 19.1. The number of carbonyl (C=O) groups is 1. The van der Waals surface area contributed by atoms with Crippen molar-refractivity contribution in [3.05, 3.63) is 98.4 Å². The lowest BCUT2D eigenvalue weighted by molar-refractivity contribution is 0.102. The maximum absolute atomic E-state index is 13.4. The molecule has 1 aromatic heterocycles. The van der Waals surface area contributed by atoms with Crippen LogP contribution in [0, 0.1) is 20.8 Å². The molecule has 0 aliphatic rings. The van der Waals surface area contributed by atoms with E-state index in [1.165, 1.54) is 11.7 Å². The molecule has 6 heteroatoms. The fourth-order valence-corrected chi connectivity index (χ4v) is 3.81. The molecule has 1 amide bonds. The number of nitrogens with one attached hydrogen (secondary N) is 1. The van der Waals surface area contributed by atoms with Gasteiger partial charge in [0.05, 0.1) is 18.4 Å². The smallest absolute Gasteiger partial charge is 0.262 e. The van der Waals surface area contributed by atoms with Crippen molar-refractivity contribution in [3.8, 4) is 11.4 Å². The van der Waals surface area contributed by atoms with Crippen LogP contribution in [0.25, 0.3) is 16.5 Å². The van der Waals surface area contributed by atoms with Gasteiger partial charge >= 0.3 is 0 Å². The molecule has 0 saturated carbocycles. The first-order valence-electron chi connectivity index (χ1n) is 10.2. The van der Waals surface area contributed by atoms with Gasteiger partial charge in [-0.15, -0.1) is 0 Å². The molecule has 0 fully saturated rings. The molecule has 0 aliphatic carbocycles. The molecule has 0 aliphatic heterocycles. The van der Waals surface area contributed by atoms with Gasteiger partial charge in [-0.1, -0.05) is 35.9 Å². The van der Waals surface area contributed by atoms with Crippen molar-refractivity contribution in [3.63, 3.8) is 0 Å². The molecule has 0 bridgehead atoms. The number of rotatable bonds is 4. The van der Waals surface area contributed by atoms with Gasteiger partial charge in [0, 0.05) is 33.7 Å². The number of halogens is 1. The SMILES string of the molecule is COc1cc(Cl)c(C)cc1NC(=O)c1cn(-c2ccc(C)c(C)c2)c(=O)c2ccccc12. The van der Waals surface area contributed by atoms with Gasteiger partial charge in [0.2, 0.25) is 0 Å². The summed E-state index contributed by atoms with van der Waals surface area (Å²) in [5.74, 6) is 0.111. The topological polar surface area (TPSA) is 60.3 Å². The highest BCUT2D eigenvalue weighted by Gasteiger charge is 2.18. The van der Waals surface area contributed by atoms with Crippen LogP contribution in [0.1, 0.15) is 27.0 Å². The number of nitrogens with zero attached hydrogens (tertiary/aromatic N) is 1. The van der Waals surface area contributed by atoms with Gasteiger partial charge in [-0.25, -0.2) is 0 Å². The monoisotopic (exact) mass is 446 g/mol. The summed E-state index contributed by atoms with van der Waals surface area (Å²) in [5, 5.41) is 4.52. The summed E-state index contributed by atoms with van der Waals surface area (Å²) >= 11 is 6.20. The Morgan fingerprint density at radius 2 is 1.66 bits per heavy atom. The summed E-state index contributed by atoms with van der Waals surface area (Å²) in [6, 6.07) is 16.3. The largest absolute Gasteiger partial charge is 0.495 e. The standard InChI is InChI=1S/C26H23ClN2O3/c1-15-9-10-18(11-16(15)2)29-14-21(19-7-5-6-8-20(19)26(29)31)25(30)28-23-12-17(3)22(27)13-24(23)32-4/h5-14H,1-4H3,(H,28,30). The Kier molecular flexibility index (Phi) is 5.76. The molecular formula is C26H23ClN2O3. The molecule has 0 unspecified atom stereocenters. The van der Waals surface area contributed by atoms with Crippen molar-refractivity contribution < 1.29 is 9.53 Å². The molecular weight excluding hydrogens is 424 g/mol. The molecule has 0 spiro atoms. The van der Waals surface area contributed by atoms with Crippen LogP contribution in [-0.4, -0.2) is 17.6 Å². The summed E-state index contributed by atoms with van der Waals surface area (Å²) in [6.07, 6.45) is 1.60. The van der Waals surface area contributed by atoms with E-state index < -0.39 is 0 Å². The lowest BCUT2D eigenvalue weighted by atomic mass is 10.1. The Hall–Kier alpha value is -3.57. The highest BCUT2D eigenvalue weighted by Crippen LogP contribution is 2.31. The fraction of sp³-hybridized carbons (Fsp3) is 0.154. The quantitative estimate of drug-likeness (QED) is 0.429. The van der Waals surface area contributed by atoms with Crippen LogP contribution in [0.4, 0.5) is 5.69 Å².